The van der Waals surface area contributed by atoms with Gasteiger partial charge in [0.2, 0.25) is 0 Å². The molecule has 0 unspecified atom stereocenters. The molecule has 0 aliphatic carbocycles. The lowest BCUT2D eigenvalue weighted by Gasteiger charge is -2.52. The third kappa shape index (κ3) is 2.96. The minimum absolute atomic E-state index is 0.0996. The SMILES string of the molecule is CC=CC(=O)C1CC(C)(C)N(OC)C(C)(C)C1. The number of carbonyl (C=O) groups is 1. The first-order valence-corrected chi connectivity index (χ1v) is 6.25. The Hall–Kier alpha value is -0.670. The molecule has 1 saturated heterocycles. The van der Waals surface area contributed by atoms with E-state index in [0.717, 1.165) is 12.8 Å². The Morgan fingerprint density at radius 1 is 1.24 bits per heavy atom. The van der Waals surface area contributed by atoms with E-state index in [2.05, 4.69) is 27.7 Å². The van der Waals surface area contributed by atoms with Gasteiger partial charge in [0.1, 0.15) is 0 Å². The topological polar surface area (TPSA) is 29.5 Å². The number of carbonyl (C=O) groups excluding carboxylic acids is 1. The van der Waals surface area contributed by atoms with Crippen molar-refractivity contribution in [2.75, 3.05) is 7.11 Å². The molecule has 1 heterocycles. The van der Waals surface area contributed by atoms with Crippen LogP contribution in [-0.2, 0) is 9.63 Å². The Morgan fingerprint density at radius 3 is 2.06 bits per heavy atom. The number of rotatable bonds is 3. The van der Waals surface area contributed by atoms with E-state index < -0.39 is 0 Å². The smallest absolute Gasteiger partial charge is 0.158 e. The highest BCUT2D eigenvalue weighted by Crippen LogP contribution is 2.41. The van der Waals surface area contributed by atoms with Gasteiger partial charge in [0.05, 0.1) is 7.11 Å². The van der Waals surface area contributed by atoms with Crippen molar-refractivity contribution in [3.63, 3.8) is 0 Å². The summed E-state index contributed by atoms with van der Waals surface area (Å²) in [5.41, 5.74) is -0.225. The second-order valence-electron chi connectivity index (χ2n) is 6.11. The van der Waals surface area contributed by atoms with Crippen LogP contribution in [0.2, 0.25) is 0 Å². The number of piperidine rings is 1. The van der Waals surface area contributed by atoms with Crippen LogP contribution < -0.4 is 0 Å². The van der Waals surface area contributed by atoms with Crippen LogP contribution in [0.1, 0.15) is 47.5 Å². The molecule has 0 saturated carbocycles. The third-order valence-corrected chi connectivity index (χ3v) is 3.51. The van der Waals surface area contributed by atoms with Crippen LogP contribution in [0.15, 0.2) is 12.2 Å². The Kier molecular flexibility index (Phi) is 4.15. The van der Waals surface area contributed by atoms with Gasteiger partial charge in [-0.05, 0) is 53.5 Å². The predicted molar refractivity (Wildman–Crippen MR) is 69.6 cm³/mol. The molecule has 0 radical (unpaired) electrons. The van der Waals surface area contributed by atoms with Crippen molar-refractivity contribution in [3.8, 4) is 0 Å². The fourth-order valence-corrected chi connectivity index (χ4v) is 3.26. The number of hydrogen-bond donors (Lipinski definition) is 0. The molecule has 0 N–H and O–H groups in total. The summed E-state index contributed by atoms with van der Waals surface area (Å²) in [4.78, 5) is 17.5. The molecule has 0 aromatic carbocycles. The van der Waals surface area contributed by atoms with Crippen LogP contribution >= 0.6 is 0 Å². The monoisotopic (exact) mass is 239 g/mol. The summed E-state index contributed by atoms with van der Waals surface area (Å²) < 4.78 is 0. The Bertz CT molecular complexity index is 300. The summed E-state index contributed by atoms with van der Waals surface area (Å²) >= 11 is 0. The average molecular weight is 239 g/mol. The highest BCUT2D eigenvalue weighted by Gasteiger charge is 2.47. The van der Waals surface area contributed by atoms with E-state index >= 15 is 0 Å². The van der Waals surface area contributed by atoms with Gasteiger partial charge in [-0.1, -0.05) is 6.08 Å². The van der Waals surface area contributed by atoms with Crippen molar-refractivity contribution >= 4 is 5.78 Å². The van der Waals surface area contributed by atoms with E-state index in [1.54, 1.807) is 13.2 Å². The lowest BCUT2D eigenvalue weighted by atomic mass is 9.73. The lowest BCUT2D eigenvalue weighted by molar-refractivity contribution is -0.269. The number of nitrogens with zero attached hydrogens (tertiary/aromatic N) is 1. The first kappa shape index (κ1) is 14.4. The van der Waals surface area contributed by atoms with Gasteiger partial charge in [0.25, 0.3) is 0 Å². The third-order valence-electron chi connectivity index (χ3n) is 3.51. The molecule has 0 spiro atoms. The Labute approximate surface area is 105 Å². The predicted octanol–water partition coefficient (Wildman–Crippen LogP) is 2.96. The Balaban J connectivity index is 2.95. The maximum absolute atomic E-state index is 12.0. The zero-order chi connectivity index (χ0) is 13.3. The van der Waals surface area contributed by atoms with Gasteiger partial charge in [0.15, 0.2) is 5.78 Å². The highest BCUT2D eigenvalue weighted by atomic mass is 16.7. The summed E-state index contributed by atoms with van der Waals surface area (Å²) in [6.45, 7) is 10.4. The van der Waals surface area contributed by atoms with Crippen LogP contribution in [0.25, 0.3) is 0 Å². The first-order valence-electron chi connectivity index (χ1n) is 6.25. The zero-order valence-corrected chi connectivity index (χ0v) is 11.9. The molecule has 0 atom stereocenters. The summed E-state index contributed by atoms with van der Waals surface area (Å²) in [6.07, 6.45) is 5.20. The van der Waals surface area contributed by atoms with Crippen LogP contribution in [0, 0.1) is 5.92 Å². The maximum atomic E-state index is 12.0. The normalized spacial score (nSPS) is 25.3. The minimum Gasteiger partial charge on any atom is -0.301 e. The van der Waals surface area contributed by atoms with Crippen LogP contribution in [0.5, 0.6) is 0 Å². The van der Waals surface area contributed by atoms with Crippen molar-refractivity contribution in [3.05, 3.63) is 12.2 Å². The summed E-state index contributed by atoms with van der Waals surface area (Å²) in [5, 5.41) is 2.03. The van der Waals surface area contributed by atoms with Crippen molar-refractivity contribution in [1.82, 2.24) is 5.06 Å². The van der Waals surface area contributed by atoms with E-state index in [1.807, 2.05) is 18.1 Å². The molecule has 0 bridgehead atoms. The van der Waals surface area contributed by atoms with Gasteiger partial charge in [-0.25, -0.2) is 0 Å². The zero-order valence-electron chi connectivity index (χ0n) is 11.9. The van der Waals surface area contributed by atoms with Crippen LogP contribution in [0.4, 0.5) is 0 Å². The molecular weight excluding hydrogens is 214 g/mol. The second-order valence-corrected chi connectivity index (χ2v) is 6.11. The summed E-state index contributed by atoms with van der Waals surface area (Å²) in [5.74, 6) is 0.340. The van der Waals surface area contributed by atoms with Gasteiger partial charge in [-0.15, -0.1) is 0 Å². The van der Waals surface area contributed by atoms with Crippen LogP contribution in [0.3, 0.4) is 0 Å². The molecule has 0 aromatic rings. The van der Waals surface area contributed by atoms with Crippen molar-refractivity contribution in [1.29, 1.82) is 0 Å². The van der Waals surface area contributed by atoms with Gasteiger partial charge in [0, 0.05) is 17.0 Å². The molecule has 1 fully saturated rings. The van der Waals surface area contributed by atoms with Gasteiger partial charge >= 0.3 is 0 Å². The molecule has 98 valence electrons. The number of hydroxylamine groups is 2. The minimum atomic E-state index is -0.113. The van der Waals surface area contributed by atoms with E-state index in [4.69, 9.17) is 4.84 Å². The molecule has 3 heteroatoms. The molecule has 3 nitrogen and oxygen atoms in total. The molecule has 1 aliphatic rings. The van der Waals surface area contributed by atoms with Gasteiger partial charge in [-0.3, -0.25) is 4.79 Å². The van der Waals surface area contributed by atoms with E-state index in [1.165, 1.54) is 0 Å². The first-order chi connectivity index (χ1) is 7.74. The molecule has 17 heavy (non-hydrogen) atoms. The average Bonchev–Trinajstić information content (AvgIpc) is 2.14. The molecular formula is C14H25NO2. The standard InChI is InChI=1S/C14H25NO2/c1-7-8-12(16)11-9-13(2,3)15(17-6)14(4,5)10-11/h7-8,11H,9-10H2,1-6H3. The molecule has 1 aliphatic heterocycles. The second kappa shape index (κ2) is 4.91. The molecule has 0 aromatic heterocycles. The summed E-state index contributed by atoms with van der Waals surface area (Å²) in [7, 11) is 1.71. The molecule has 1 rings (SSSR count). The quantitative estimate of drug-likeness (QED) is 0.709. The lowest BCUT2D eigenvalue weighted by Crippen LogP contribution is -2.60. The number of hydrogen-bond acceptors (Lipinski definition) is 3. The van der Waals surface area contributed by atoms with E-state index in [-0.39, 0.29) is 22.8 Å². The highest BCUT2D eigenvalue weighted by molar-refractivity contribution is 5.91. The van der Waals surface area contributed by atoms with Crippen molar-refractivity contribution in [2.45, 2.75) is 58.5 Å². The number of allylic oxidation sites excluding steroid dienone is 2. The number of ketones is 1. The summed E-state index contributed by atoms with van der Waals surface area (Å²) in [6, 6.07) is 0. The van der Waals surface area contributed by atoms with Crippen molar-refractivity contribution < 1.29 is 9.63 Å². The van der Waals surface area contributed by atoms with Crippen molar-refractivity contribution in [2.24, 2.45) is 5.92 Å². The maximum Gasteiger partial charge on any atom is 0.158 e. The molecule has 0 amide bonds. The van der Waals surface area contributed by atoms with E-state index in [9.17, 15) is 4.79 Å². The van der Waals surface area contributed by atoms with E-state index in [0.29, 0.717) is 0 Å². The fourth-order valence-electron chi connectivity index (χ4n) is 3.26. The largest absolute Gasteiger partial charge is 0.301 e. The van der Waals surface area contributed by atoms with Gasteiger partial charge < -0.3 is 4.84 Å². The van der Waals surface area contributed by atoms with Crippen LogP contribution in [-0.4, -0.2) is 29.0 Å². The fraction of sp³-hybridized carbons (Fsp3) is 0.786. The Morgan fingerprint density at radius 2 is 1.71 bits per heavy atom. The van der Waals surface area contributed by atoms with Gasteiger partial charge in [-0.2, -0.15) is 5.06 Å².